The van der Waals surface area contributed by atoms with Crippen molar-refractivity contribution >= 4 is 38.6 Å². The lowest BCUT2D eigenvalue weighted by Gasteiger charge is -2.28. The number of hydrogen-bond acceptors (Lipinski definition) is 2. The van der Waals surface area contributed by atoms with Crippen molar-refractivity contribution < 1.29 is 0 Å². The van der Waals surface area contributed by atoms with E-state index < -0.39 is 0 Å². The van der Waals surface area contributed by atoms with Crippen LogP contribution in [-0.4, -0.2) is 0 Å². The van der Waals surface area contributed by atoms with Crippen LogP contribution in [0.2, 0.25) is 0 Å². The summed E-state index contributed by atoms with van der Waals surface area (Å²) in [4.78, 5) is 2.33. The summed E-state index contributed by atoms with van der Waals surface area (Å²) in [7, 11) is 0. The second kappa shape index (κ2) is 9.93. The Labute approximate surface area is 282 Å². The fourth-order valence-corrected chi connectivity index (χ4v) is 8.54. The molecule has 7 aromatic rings. The van der Waals surface area contributed by atoms with Crippen molar-refractivity contribution in [3.63, 3.8) is 0 Å². The molecule has 2 aliphatic carbocycles. The lowest BCUT2D eigenvalue weighted by atomic mass is 9.80. The van der Waals surface area contributed by atoms with Gasteiger partial charge in [-0.05, 0) is 129 Å². The molecule has 0 atom stereocenters. The van der Waals surface area contributed by atoms with E-state index in [9.17, 15) is 5.26 Å². The van der Waals surface area contributed by atoms with Crippen LogP contribution in [0.1, 0.15) is 61.1 Å². The maximum Gasteiger partial charge on any atom is 0.100 e. The van der Waals surface area contributed by atoms with Crippen molar-refractivity contribution in [2.75, 3.05) is 4.90 Å². The van der Waals surface area contributed by atoms with Crippen LogP contribution in [0.15, 0.2) is 127 Å². The highest BCUT2D eigenvalue weighted by molar-refractivity contribution is 6.09. The van der Waals surface area contributed by atoms with Crippen LogP contribution in [0.3, 0.4) is 0 Å². The molecule has 0 spiro atoms. The third-order valence-electron chi connectivity index (χ3n) is 11.1. The van der Waals surface area contributed by atoms with Crippen LogP contribution in [0, 0.1) is 18.3 Å². The van der Waals surface area contributed by atoms with Gasteiger partial charge in [-0.2, -0.15) is 5.26 Å². The second-order valence-corrected chi connectivity index (χ2v) is 14.6. The smallest absolute Gasteiger partial charge is 0.100 e. The maximum absolute atomic E-state index is 10.7. The van der Waals surface area contributed by atoms with Crippen LogP contribution < -0.4 is 4.90 Å². The first kappa shape index (κ1) is 28.6. The standard InChI is InChI=1S/C46H36N2/c1-28-16-18-34-38-22-29-21-30-23-42-39(25-36(30)40(27-47)37(29)26-44(38)45(2,3)41(34)20-28)35-19-17-33(24-43(35)46(42,4)5)48(31-12-8-6-9-13-31)32-14-10-7-11-15-32/h6-26H,1-5H3. The molecule has 0 fully saturated rings. The normalized spacial score (nSPS) is 14.7. The molecular formula is C46H36N2. The van der Waals surface area contributed by atoms with E-state index in [4.69, 9.17) is 0 Å². The molecule has 0 saturated heterocycles. The molecular weight excluding hydrogens is 581 g/mol. The summed E-state index contributed by atoms with van der Waals surface area (Å²) in [5.41, 5.74) is 15.4. The zero-order chi connectivity index (χ0) is 32.9. The predicted molar refractivity (Wildman–Crippen MR) is 201 cm³/mol. The van der Waals surface area contributed by atoms with Gasteiger partial charge in [0.1, 0.15) is 6.07 Å². The average molecular weight is 617 g/mol. The number of fused-ring (bicyclic) bond motifs is 8. The van der Waals surface area contributed by atoms with Crippen molar-refractivity contribution in [1.29, 1.82) is 5.26 Å². The zero-order valence-corrected chi connectivity index (χ0v) is 28.0. The van der Waals surface area contributed by atoms with E-state index in [0.29, 0.717) is 0 Å². The highest BCUT2D eigenvalue weighted by Crippen LogP contribution is 2.54. The van der Waals surface area contributed by atoms with Gasteiger partial charge >= 0.3 is 0 Å². The van der Waals surface area contributed by atoms with Gasteiger partial charge in [0.25, 0.3) is 0 Å². The summed E-state index contributed by atoms with van der Waals surface area (Å²) < 4.78 is 0. The molecule has 2 heteroatoms. The van der Waals surface area contributed by atoms with Crippen LogP contribution in [0.25, 0.3) is 43.8 Å². The van der Waals surface area contributed by atoms with Gasteiger partial charge in [0.05, 0.1) is 5.56 Å². The molecule has 230 valence electrons. The Hall–Kier alpha value is -5.65. The summed E-state index contributed by atoms with van der Waals surface area (Å²) >= 11 is 0. The van der Waals surface area contributed by atoms with Crippen molar-refractivity contribution in [3.8, 4) is 28.3 Å². The Kier molecular flexibility index (Phi) is 5.91. The molecule has 0 aliphatic heterocycles. The van der Waals surface area contributed by atoms with Crippen molar-refractivity contribution in [3.05, 3.63) is 161 Å². The monoisotopic (exact) mass is 616 g/mol. The zero-order valence-electron chi connectivity index (χ0n) is 28.0. The molecule has 7 aromatic carbocycles. The van der Waals surface area contributed by atoms with Gasteiger partial charge in [-0.15, -0.1) is 0 Å². The number of rotatable bonds is 3. The van der Waals surface area contributed by atoms with Gasteiger partial charge in [0.2, 0.25) is 0 Å². The quantitative estimate of drug-likeness (QED) is 0.185. The Morgan fingerprint density at radius 3 is 1.65 bits per heavy atom. The molecule has 2 nitrogen and oxygen atoms in total. The SMILES string of the molecule is Cc1ccc2c(c1)C(C)(C)c1cc3c(C#N)c4cc5c(cc4cc3cc1-2)C(C)(C)c1cc(N(c2ccccc2)c2ccccc2)ccc1-5. The molecule has 0 bridgehead atoms. The number of anilines is 3. The molecule has 2 aliphatic rings. The molecule has 0 saturated carbocycles. The van der Waals surface area contributed by atoms with Gasteiger partial charge in [0.15, 0.2) is 0 Å². The van der Waals surface area contributed by atoms with E-state index in [0.717, 1.165) is 44.2 Å². The molecule has 0 heterocycles. The molecule has 0 unspecified atom stereocenters. The summed E-state index contributed by atoms with van der Waals surface area (Å²) in [5.74, 6) is 0. The minimum Gasteiger partial charge on any atom is -0.310 e. The highest BCUT2D eigenvalue weighted by Gasteiger charge is 2.38. The fraction of sp³-hybridized carbons (Fsp3) is 0.152. The van der Waals surface area contributed by atoms with E-state index in [1.54, 1.807) is 0 Å². The Morgan fingerprint density at radius 2 is 1.00 bits per heavy atom. The van der Waals surface area contributed by atoms with Crippen molar-refractivity contribution in [2.45, 2.75) is 45.4 Å². The molecule has 0 radical (unpaired) electrons. The third kappa shape index (κ3) is 3.91. The number of para-hydroxylation sites is 2. The first-order chi connectivity index (χ1) is 23.2. The number of nitriles is 1. The van der Waals surface area contributed by atoms with E-state index in [-0.39, 0.29) is 10.8 Å². The summed E-state index contributed by atoms with van der Waals surface area (Å²) in [6.45, 7) is 11.5. The highest BCUT2D eigenvalue weighted by atomic mass is 15.1. The van der Waals surface area contributed by atoms with Gasteiger partial charge in [-0.3, -0.25) is 0 Å². The van der Waals surface area contributed by atoms with Gasteiger partial charge in [-0.25, -0.2) is 0 Å². The average Bonchev–Trinajstić information content (AvgIpc) is 3.44. The minimum atomic E-state index is -0.214. The van der Waals surface area contributed by atoms with Crippen molar-refractivity contribution in [1.82, 2.24) is 0 Å². The first-order valence-corrected chi connectivity index (χ1v) is 16.8. The largest absolute Gasteiger partial charge is 0.310 e. The summed E-state index contributed by atoms with van der Waals surface area (Å²) in [6, 6.07) is 49.1. The van der Waals surface area contributed by atoms with E-state index >= 15 is 0 Å². The lowest BCUT2D eigenvalue weighted by Crippen LogP contribution is -2.16. The van der Waals surface area contributed by atoms with Crippen LogP contribution in [0.4, 0.5) is 17.1 Å². The number of aryl methyl sites for hydroxylation is 1. The molecule has 0 N–H and O–H groups in total. The third-order valence-corrected chi connectivity index (χ3v) is 11.1. The first-order valence-electron chi connectivity index (χ1n) is 16.8. The molecule has 48 heavy (non-hydrogen) atoms. The number of benzene rings is 7. The topological polar surface area (TPSA) is 27.0 Å². The molecule has 0 amide bonds. The molecule has 0 aromatic heterocycles. The van der Waals surface area contributed by atoms with Crippen LogP contribution in [-0.2, 0) is 10.8 Å². The van der Waals surface area contributed by atoms with E-state index in [2.05, 4.69) is 173 Å². The van der Waals surface area contributed by atoms with Crippen molar-refractivity contribution in [2.24, 2.45) is 0 Å². The second-order valence-electron chi connectivity index (χ2n) is 14.6. The van der Waals surface area contributed by atoms with Gasteiger partial charge in [-0.1, -0.05) is 93.9 Å². The number of hydrogen-bond donors (Lipinski definition) is 0. The maximum atomic E-state index is 10.7. The Morgan fingerprint density at radius 1 is 0.479 bits per heavy atom. The summed E-state index contributed by atoms with van der Waals surface area (Å²) in [5, 5.41) is 15.0. The van der Waals surface area contributed by atoms with Crippen LogP contribution in [0.5, 0.6) is 0 Å². The number of nitrogens with zero attached hydrogens (tertiary/aromatic N) is 2. The Bertz CT molecular complexity index is 2470. The van der Waals surface area contributed by atoms with Gasteiger partial charge < -0.3 is 4.90 Å². The van der Waals surface area contributed by atoms with Gasteiger partial charge in [0, 0.05) is 38.7 Å². The minimum absolute atomic E-state index is 0.126. The van der Waals surface area contributed by atoms with Crippen LogP contribution >= 0.6 is 0 Å². The summed E-state index contributed by atoms with van der Waals surface area (Å²) in [6.07, 6.45) is 0. The molecule has 9 rings (SSSR count). The Balaban J connectivity index is 1.24. The lowest BCUT2D eigenvalue weighted by molar-refractivity contribution is 0.660. The van der Waals surface area contributed by atoms with E-state index in [1.807, 2.05) is 0 Å². The predicted octanol–water partition coefficient (Wildman–Crippen LogP) is 12.3. The fourth-order valence-electron chi connectivity index (χ4n) is 8.54. The van der Waals surface area contributed by atoms with E-state index in [1.165, 1.54) is 50.1 Å².